The van der Waals surface area contributed by atoms with Gasteiger partial charge in [0.2, 0.25) is 5.65 Å². The van der Waals surface area contributed by atoms with Crippen LogP contribution in [0.25, 0.3) is 33.1 Å². The molecule has 2 heterocycles. The molecule has 0 radical (unpaired) electrons. The van der Waals surface area contributed by atoms with Crippen LogP contribution in [0.2, 0.25) is 0 Å². The Morgan fingerprint density at radius 3 is 2.48 bits per heavy atom. The van der Waals surface area contributed by atoms with Gasteiger partial charge in [-0.05, 0) is 18.2 Å². The minimum Gasteiger partial charge on any atom is -0.352 e. The number of hydrogen-bond acceptors (Lipinski definition) is 6. The second-order valence-electron chi connectivity index (χ2n) is 5.16. The van der Waals surface area contributed by atoms with Crippen LogP contribution < -0.4 is 0 Å². The average molecular weight is 306 g/mol. The third kappa shape index (κ3) is 2.28. The summed E-state index contributed by atoms with van der Waals surface area (Å²) in [5.74, 6) is 0. The van der Waals surface area contributed by atoms with Crippen molar-refractivity contribution < 1.29 is 9.47 Å². The molecule has 0 aliphatic carbocycles. The highest BCUT2D eigenvalue weighted by atomic mass is 16.7. The zero-order valence-corrected chi connectivity index (χ0v) is 12.7. The minimum absolute atomic E-state index is 0.427. The highest BCUT2D eigenvalue weighted by molar-refractivity contribution is 6.02. The van der Waals surface area contributed by atoms with E-state index >= 15 is 0 Å². The van der Waals surface area contributed by atoms with Gasteiger partial charge in [0.05, 0.1) is 16.6 Å². The lowest BCUT2D eigenvalue weighted by molar-refractivity contribution is -0.105. The van der Waals surface area contributed by atoms with Crippen molar-refractivity contribution in [1.29, 1.82) is 0 Å². The highest BCUT2D eigenvalue weighted by Gasteiger charge is 2.12. The number of aromatic nitrogens is 4. The summed E-state index contributed by atoms with van der Waals surface area (Å²) in [5, 5.41) is 9.31. The Kier molecular flexibility index (Phi) is 3.33. The van der Waals surface area contributed by atoms with Crippen LogP contribution in [0.1, 0.15) is 11.9 Å². The van der Waals surface area contributed by atoms with Gasteiger partial charge in [0, 0.05) is 25.2 Å². The Morgan fingerprint density at radius 1 is 0.826 bits per heavy atom. The summed E-state index contributed by atoms with van der Waals surface area (Å²) in [6, 6.07) is 13.5. The monoisotopic (exact) mass is 306 g/mol. The molecule has 0 aliphatic rings. The summed E-state index contributed by atoms with van der Waals surface area (Å²) < 4.78 is 10.6. The van der Waals surface area contributed by atoms with Gasteiger partial charge in [-0.15, -0.1) is 10.2 Å². The maximum absolute atomic E-state index is 5.30. The molecular formula is C17H14N4O2. The van der Waals surface area contributed by atoms with E-state index in [9.17, 15) is 0 Å². The number of rotatable bonds is 3. The van der Waals surface area contributed by atoms with E-state index in [2.05, 4.69) is 15.2 Å². The molecule has 2 aromatic heterocycles. The lowest BCUT2D eigenvalue weighted by atomic mass is 10.1. The van der Waals surface area contributed by atoms with Gasteiger partial charge in [0.1, 0.15) is 5.52 Å². The van der Waals surface area contributed by atoms with Gasteiger partial charge < -0.3 is 9.47 Å². The molecule has 4 aromatic rings. The Hall–Kier alpha value is -2.70. The maximum atomic E-state index is 5.30. The van der Waals surface area contributed by atoms with E-state index in [1.165, 1.54) is 0 Å². The molecule has 114 valence electrons. The summed E-state index contributed by atoms with van der Waals surface area (Å²) in [6.45, 7) is 0. The van der Waals surface area contributed by atoms with Gasteiger partial charge in [-0.25, -0.2) is 9.97 Å². The second-order valence-corrected chi connectivity index (χ2v) is 5.16. The van der Waals surface area contributed by atoms with E-state index in [1.54, 1.807) is 14.2 Å². The Balaban J connectivity index is 2.01. The van der Waals surface area contributed by atoms with Gasteiger partial charge in [-0.3, -0.25) is 0 Å². The molecule has 0 bridgehead atoms. The van der Waals surface area contributed by atoms with E-state index in [0.717, 1.165) is 33.0 Å². The van der Waals surface area contributed by atoms with Crippen molar-refractivity contribution in [2.45, 2.75) is 6.29 Å². The predicted octanol–water partition coefficient (Wildman–Crippen LogP) is 3.02. The summed E-state index contributed by atoms with van der Waals surface area (Å²) >= 11 is 0. The van der Waals surface area contributed by atoms with Crippen LogP contribution in [-0.4, -0.2) is 34.4 Å². The molecule has 0 saturated carbocycles. The summed E-state index contributed by atoms with van der Waals surface area (Å²) in [4.78, 5) is 9.30. The van der Waals surface area contributed by atoms with Crippen molar-refractivity contribution in [2.75, 3.05) is 14.2 Å². The fourth-order valence-electron chi connectivity index (χ4n) is 2.69. The number of benzene rings is 2. The first-order chi connectivity index (χ1) is 11.3. The molecule has 4 rings (SSSR count). The zero-order chi connectivity index (χ0) is 15.8. The predicted molar refractivity (Wildman–Crippen MR) is 86.9 cm³/mol. The van der Waals surface area contributed by atoms with Gasteiger partial charge in [-0.1, -0.05) is 24.3 Å². The lowest BCUT2D eigenvalue weighted by Gasteiger charge is -2.13. The van der Waals surface area contributed by atoms with Crippen LogP contribution in [0.3, 0.4) is 0 Å². The maximum Gasteiger partial charge on any atom is 0.201 e. The molecule has 0 spiro atoms. The molecule has 0 unspecified atom stereocenters. The smallest absolute Gasteiger partial charge is 0.201 e. The fraction of sp³-hybridized carbons (Fsp3) is 0.176. The van der Waals surface area contributed by atoms with Crippen molar-refractivity contribution in [3.8, 4) is 0 Å². The summed E-state index contributed by atoms with van der Waals surface area (Å²) in [5.41, 5.74) is 4.51. The van der Waals surface area contributed by atoms with E-state index in [0.29, 0.717) is 5.65 Å². The highest BCUT2D eigenvalue weighted by Crippen LogP contribution is 2.24. The van der Waals surface area contributed by atoms with Crippen LogP contribution in [0.15, 0.2) is 42.5 Å². The number of hydrogen-bond donors (Lipinski definition) is 0. The fourth-order valence-corrected chi connectivity index (χ4v) is 2.69. The molecular weight excluding hydrogens is 292 g/mol. The van der Waals surface area contributed by atoms with Gasteiger partial charge in [0.15, 0.2) is 6.29 Å². The Labute approximate surface area is 132 Å². The van der Waals surface area contributed by atoms with E-state index in [1.807, 2.05) is 42.5 Å². The van der Waals surface area contributed by atoms with Crippen LogP contribution in [0, 0.1) is 0 Å². The second kappa shape index (κ2) is 5.49. The first-order valence-corrected chi connectivity index (χ1v) is 7.18. The van der Waals surface area contributed by atoms with E-state index in [-0.39, 0.29) is 0 Å². The zero-order valence-electron chi connectivity index (χ0n) is 12.7. The molecule has 23 heavy (non-hydrogen) atoms. The van der Waals surface area contributed by atoms with Crippen LogP contribution >= 0.6 is 0 Å². The van der Waals surface area contributed by atoms with Crippen molar-refractivity contribution in [3.63, 3.8) is 0 Å². The third-order valence-corrected chi connectivity index (χ3v) is 3.78. The lowest BCUT2D eigenvalue weighted by Crippen LogP contribution is -2.04. The molecule has 0 aliphatic heterocycles. The molecule has 6 heteroatoms. The first kappa shape index (κ1) is 13.9. The molecule has 0 amide bonds. The van der Waals surface area contributed by atoms with Gasteiger partial charge in [0.25, 0.3) is 0 Å². The molecule has 0 saturated heterocycles. The van der Waals surface area contributed by atoms with Crippen LogP contribution in [0.5, 0.6) is 0 Å². The number of methoxy groups -OCH3 is 2. The van der Waals surface area contributed by atoms with Crippen molar-refractivity contribution in [1.82, 2.24) is 20.2 Å². The summed E-state index contributed by atoms with van der Waals surface area (Å²) in [7, 11) is 3.21. The largest absolute Gasteiger partial charge is 0.352 e. The van der Waals surface area contributed by atoms with Crippen molar-refractivity contribution >= 4 is 33.1 Å². The molecule has 0 fully saturated rings. The van der Waals surface area contributed by atoms with Crippen LogP contribution in [-0.2, 0) is 9.47 Å². The Morgan fingerprint density at radius 2 is 1.65 bits per heavy atom. The van der Waals surface area contributed by atoms with Crippen molar-refractivity contribution in [2.24, 2.45) is 0 Å². The quantitative estimate of drug-likeness (QED) is 0.329. The van der Waals surface area contributed by atoms with E-state index < -0.39 is 6.29 Å². The Bertz CT molecular complexity index is 1020. The number of fused-ring (bicyclic) bond motifs is 4. The average Bonchev–Trinajstić information content (AvgIpc) is 2.61. The minimum atomic E-state index is -0.427. The first-order valence-electron chi connectivity index (χ1n) is 7.18. The molecule has 2 aromatic carbocycles. The molecule has 6 nitrogen and oxygen atoms in total. The SMILES string of the molecule is COC(OC)c1ccc2nc3nnc4ccccc4c3nc2c1. The number of ether oxygens (including phenoxy) is 2. The van der Waals surface area contributed by atoms with Crippen molar-refractivity contribution in [3.05, 3.63) is 48.0 Å². The normalized spacial score (nSPS) is 11.8. The van der Waals surface area contributed by atoms with Crippen LogP contribution in [0.4, 0.5) is 0 Å². The molecule has 0 atom stereocenters. The van der Waals surface area contributed by atoms with Gasteiger partial charge in [-0.2, -0.15) is 0 Å². The standard InChI is InChI=1S/C17H14N4O2/c1-22-17(23-2)10-7-8-13-14(9-10)18-15-11-5-3-4-6-12(11)20-21-16(15)19-13/h3-9,17H,1-2H3. The summed E-state index contributed by atoms with van der Waals surface area (Å²) in [6.07, 6.45) is -0.427. The van der Waals surface area contributed by atoms with Gasteiger partial charge >= 0.3 is 0 Å². The molecule has 0 N–H and O–H groups in total. The van der Waals surface area contributed by atoms with E-state index in [4.69, 9.17) is 14.5 Å². The third-order valence-electron chi connectivity index (χ3n) is 3.78. The number of nitrogens with zero attached hydrogens (tertiary/aromatic N) is 4. The topological polar surface area (TPSA) is 70.0 Å².